The lowest BCUT2D eigenvalue weighted by Crippen LogP contribution is -2.49. The third-order valence-electron chi connectivity index (χ3n) is 1.38. The average molecular weight is 126 g/mol. The van der Waals surface area contributed by atoms with Gasteiger partial charge in [0.15, 0.2) is 5.78 Å². The Bertz CT molecular complexity index is 160. The minimum atomic E-state index is -0.742. The molecule has 0 radical (unpaired) electrons. The largest absolute Gasteiger partial charge is 0.310 e. The molecule has 0 saturated heterocycles. The van der Waals surface area contributed by atoms with Crippen LogP contribution in [-0.4, -0.2) is 11.4 Å². The van der Waals surface area contributed by atoms with Gasteiger partial charge in [-0.1, -0.05) is 0 Å². The first-order valence-corrected chi connectivity index (χ1v) is 2.90. The van der Waals surface area contributed by atoms with Crippen molar-refractivity contribution in [3.05, 3.63) is 12.2 Å². The molecule has 0 fully saturated rings. The van der Waals surface area contributed by atoms with Crippen LogP contribution >= 0.6 is 0 Å². The zero-order chi connectivity index (χ0) is 6.91. The smallest absolute Gasteiger partial charge is 0.155 e. The molecule has 9 heavy (non-hydrogen) atoms. The fraction of sp³-hybridized carbons (Fsp3) is 0.500. The number of hydrogen-bond donors (Lipinski definition) is 2. The Morgan fingerprint density at radius 1 is 1.56 bits per heavy atom. The van der Waals surface area contributed by atoms with E-state index >= 15 is 0 Å². The highest BCUT2D eigenvalue weighted by Gasteiger charge is 2.20. The van der Waals surface area contributed by atoms with E-state index in [1.54, 1.807) is 6.08 Å². The minimum Gasteiger partial charge on any atom is -0.310 e. The molecule has 50 valence electrons. The molecular formula is C6H10N2O. The molecule has 0 heterocycles. The molecule has 0 saturated carbocycles. The third kappa shape index (κ3) is 1.62. The van der Waals surface area contributed by atoms with Crippen LogP contribution in [0.4, 0.5) is 0 Å². The summed E-state index contributed by atoms with van der Waals surface area (Å²) >= 11 is 0. The number of nitrogens with two attached hydrogens (primary N) is 2. The first-order chi connectivity index (χ1) is 4.10. The Morgan fingerprint density at radius 2 is 2.22 bits per heavy atom. The molecule has 0 amide bonds. The van der Waals surface area contributed by atoms with Crippen molar-refractivity contribution in [2.24, 2.45) is 11.5 Å². The zero-order valence-corrected chi connectivity index (χ0v) is 5.13. The molecule has 0 bridgehead atoms. The monoisotopic (exact) mass is 126 g/mol. The summed E-state index contributed by atoms with van der Waals surface area (Å²) in [5.41, 5.74) is 10.2. The van der Waals surface area contributed by atoms with Gasteiger partial charge in [-0.05, 0) is 18.6 Å². The number of ketones is 1. The number of carbonyl (C=O) groups is 1. The molecular weight excluding hydrogens is 116 g/mol. The molecule has 4 N–H and O–H groups in total. The Labute approximate surface area is 53.7 Å². The molecule has 1 aliphatic rings. The van der Waals surface area contributed by atoms with E-state index in [9.17, 15) is 4.79 Å². The summed E-state index contributed by atoms with van der Waals surface area (Å²) in [4.78, 5) is 10.6. The van der Waals surface area contributed by atoms with E-state index in [1.165, 1.54) is 6.08 Å². The molecule has 0 aromatic carbocycles. The molecule has 0 atom stereocenters. The van der Waals surface area contributed by atoms with Gasteiger partial charge in [-0.2, -0.15) is 0 Å². The molecule has 0 aromatic rings. The van der Waals surface area contributed by atoms with Crippen molar-refractivity contribution in [1.82, 2.24) is 0 Å². The Morgan fingerprint density at radius 3 is 2.56 bits per heavy atom. The number of allylic oxidation sites excluding steroid dienone is 1. The third-order valence-corrected chi connectivity index (χ3v) is 1.38. The Kier molecular flexibility index (Phi) is 1.38. The van der Waals surface area contributed by atoms with E-state index in [0.717, 1.165) is 0 Å². The van der Waals surface area contributed by atoms with Gasteiger partial charge in [0.1, 0.15) is 0 Å². The second kappa shape index (κ2) is 1.93. The summed E-state index contributed by atoms with van der Waals surface area (Å²) in [6.45, 7) is 0. The summed E-state index contributed by atoms with van der Waals surface area (Å²) in [6.07, 6.45) is 4.04. The van der Waals surface area contributed by atoms with Gasteiger partial charge in [-0.25, -0.2) is 0 Å². The van der Waals surface area contributed by atoms with Gasteiger partial charge in [-0.3, -0.25) is 4.79 Å². The highest BCUT2D eigenvalue weighted by molar-refractivity contribution is 5.90. The topological polar surface area (TPSA) is 69.1 Å². The number of hydrogen-bond acceptors (Lipinski definition) is 3. The van der Waals surface area contributed by atoms with E-state index in [1.807, 2.05) is 0 Å². The first kappa shape index (κ1) is 6.45. The Hall–Kier alpha value is -0.670. The molecule has 1 aliphatic carbocycles. The van der Waals surface area contributed by atoms with Crippen LogP contribution in [0.5, 0.6) is 0 Å². The van der Waals surface area contributed by atoms with Crippen molar-refractivity contribution in [2.45, 2.75) is 18.5 Å². The van der Waals surface area contributed by atoms with E-state index in [2.05, 4.69) is 0 Å². The van der Waals surface area contributed by atoms with Crippen LogP contribution in [0.3, 0.4) is 0 Å². The van der Waals surface area contributed by atoms with Crippen molar-refractivity contribution in [3.8, 4) is 0 Å². The van der Waals surface area contributed by atoms with Crippen molar-refractivity contribution in [2.75, 3.05) is 0 Å². The standard InChI is InChI=1S/C6H10N2O/c7-6(8)3-1-5(9)2-4-6/h1,3H,2,4,7-8H2. The summed E-state index contributed by atoms with van der Waals surface area (Å²) in [5, 5.41) is 0. The van der Waals surface area contributed by atoms with Crippen molar-refractivity contribution in [1.29, 1.82) is 0 Å². The van der Waals surface area contributed by atoms with E-state index in [4.69, 9.17) is 11.5 Å². The van der Waals surface area contributed by atoms with Crippen LogP contribution in [0, 0.1) is 0 Å². The maximum Gasteiger partial charge on any atom is 0.155 e. The lowest BCUT2D eigenvalue weighted by atomic mass is 9.97. The summed E-state index contributed by atoms with van der Waals surface area (Å²) in [7, 11) is 0. The van der Waals surface area contributed by atoms with Crippen LogP contribution in [0.2, 0.25) is 0 Å². The van der Waals surface area contributed by atoms with Crippen molar-refractivity contribution < 1.29 is 4.79 Å². The predicted molar refractivity (Wildman–Crippen MR) is 34.5 cm³/mol. The summed E-state index contributed by atoms with van der Waals surface area (Å²) < 4.78 is 0. The van der Waals surface area contributed by atoms with Gasteiger partial charge >= 0.3 is 0 Å². The summed E-state index contributed by atoms with van der Waals surface area (Å²) in [5.74, 6) is 0.113. The highest BCUT2D eigenvalue weighted by atomic mass is 16.1. The maximum absolute atomic E-state index is 10.6. The molecule has 0 spiro atoms. The summed E-state index contributed by atoms with van der Waals surface area (Å²) in [6, 6.07) is 0. The van der Waals surface area contributed by atoms with Crippen LogP contribution < -0.4 is 11.5 Å². The average Bonchev–Trinajstić information content (AvgIpc) is 1.78. The predicted octanol–water partition coefficient (Wildman–Crippen LogP) is -0.481. The van der Waals surface area contributed by atoms with E-state index in [-0.39, 0.29) is 5.78 Å². The first-order valence-electron chi connectivity index (χ1n) is 2.90. The molecule has 1 rings (SSSR count). The lowest BCUT2D eigenvalue weighted by molar-refractivity contribution is -0.115. The molecule has 3 nitrogen and oxygen atoms in total. The van der Waals surface area contributed by atoms with Crippen LogP contribution in [-0.2, 0) is 4.79 Å². The normalized spacial score (nSPS) is 24.4. The van der Waals surface area contributed by atoms with Gasteiger partial charge in [0, 0.05) is 6.42 Å². The molecule has 0 aromatic heterocycles. The second-order valence-corrected chi connectivity index (χ2v) is 2.41. The van der Waals surface area contributed by atoms with Crippen LogP contribution in [0.15, 0.2) is 12.2 Å². The number of carbonyl (C=O) groups excluding carboxylic acids is 1. The van der Waals surface area contributed by atoms with Gasteiger partial charge in [0.25, 0.3) is 0 Å². The molecule has 0 unspecified atom stereocenters. The quantitative estimate of drug-likeness (QED) is 0.431. The molecule has 3 heteroatoms. The Balaban J connectivity index is 2.69. The van der Waals surface area contributed by atoms with Gasteiger partial charge in [-0.15, -0.1) is 0 Å². The fourth-order valence-corrected chi connectivity index (χ4v) is 0.754. The maximum atomic E-state index is 10.6. The van der Waals surface area contributed by atoms with E-state index < -0.39 is 5.66 Å². The van der Waals surface area contributed by atoms with Crippen LogP contribution in [0.1, 0.15) is 12.8 Å². The zero-order valence-electron chi connectivity index (χ0n) is 5.13. The fourth-order valence-electron chi connectivity index (χ4n) is 0.754. The van der Waals surface area contributed by atoms with Gasteiger partial charge in [0.2, 0.25) is 0 Å². The molecule has 0 aliphatic heterocycles. The van der Waals surface area contributed by atoms with Gasteiger partial charge in [0.05, 0.1) is 5.66 Å². The lowest BCUT2D eigenvalue weighted by Gasteiger charge is -2.22. The van der Waals surface area contributed by atoms with Crippen LogP contribution in [0.25, 0.3) is 0 Å². The number of rotatable bonds is 0. The van der Waals surface area contributed by atoms with Crippen molar-refractivity contribution >= 4 is 5.78 Å². The highest BCUT2D eigenvalue weighted by Crippen LogP contribution is 2.10. The second-order valence-electron chi connectivity index (χ2n) is 2.41. The minimum absolute atomic E-state index is 0.113. The van der Waals surface area contributed by atoms with Gasteiger partial charge < -0.3 is 11.5 Å². The van der Waals surface area contributed by atoms with Crippen molar-refractivity contribution in [3.63, 3.8) is 0 Å². The SMILES string of the molecule is NC1(N)C=CC(=O)CC1. The van der Waals surface area contributed by atoms with E-state index in [0.29, 0.717) is 12.8 Å².